The quantitative estimate of drug-likeness (QED) is 0.582. The molecule has 0 spiro atoms. The van der Waals surface area contributed by atoms with Gasteiger partial charge in [-0.3, -0.25) is 0 Å². The van der Waals surface area contributed by atoms with Gasteiger partial charge in [0.25, 0.3) is 0 Å². The fourth-order valence-electron chi connectivity index (χ4n) is 1.05. The molecule has 0 aliphatic carbocycles. The number of benzene rings is 2. The molecule has 0 fully saturated rings. The highest BCUT2D eigenvalue weighted by Gasteiger charge is 1.58. The second kappa shape index (κ2) is 10.2. The number of H-pyrrole nitrogens is 1. The van der Waals surface area contributed by atoms with Crippen LogP contribution < -0.4 is 0 Å². The van der Waals surface area contributed by atoms with Crippen molar-refractivity contribution in [3.05, 3.63) is 97.3 Å². The van der Waals surface area contributed by atoms with Crippen molar-refractivity contribution < 1.29 is 0 Å². The maximum atomic E-state index is 2.86. The van der Waals surface area contributed by atoms with Gasteiger partial charge in [-0.1, -0.05) is 72.8 Å². The predicted octanol–water partition coefficient (Wildman–Crippen LogP) is 4.39. The molecule has 0 atom stereocenters. The maximum Gasteiger partial charge on any atom is 0.000496 e. The van der Waals surface area contributed by atoms with Gasteiger partial charge in [-0.05, 0) is 12.1 Å². The summed E-state index contributed by atoms with van der Waals surface area (Å²) in [6.45, 7) is 0. The number of aromatic amines is 1. The van der Waals surface area contributed by atoms with Crippen LogP contribution in [0.3, 0.4) is 0 Å². The lowest BCUT2D eigenvalue weighted by Gasteiger charge is -1.69. The van der Waals surface area contributed by atoms with E-state index < -0.39 is 0 Å². The lowest BCUT2D eigenvalue weighted by molar-refractivity contribution is 1.42. The summed E-state index contributed by atoms with van der Waals surface area (Å²) in [5.74, 6) is 0. The van der Waals surface area contributed by atoms with E-state index in [1.54, 1.807) is 0 Å². The van der Waals surface area contributed by atoms with Crippen LogP contribution in [0, 0.1) is 0 Å². The Balaban J connectivity index is 0.000000128. The van der Waals surface area contributed by atoms with Gasteiger partial charge in [-0.2, -0.15) is 0 Å². The molecule has 0 radical (unpaired) electrons. The lowest BCUT2D eigenvalue weighted by atomic mass is 10.4. The van der Waals surface area contributed by atoms with Crippen LogP contribution in [0.1, 0.15) is 0 Å². The van der Waals surface area contributed by atoms with Crippen molar-refractivity contribution in [2.45, 2.75) is 0 Å². The van der Waals surface area contributed by atoms with Gasteiger partial charge in [-0.15, -0.1) is 0 Å². The van der Waals surface area contributed by atoms with Crippen LogP contribution >= 0.6 is 0 Å². The molecule has 17 heavy (non-hydrogen) atoms. The molecular formula is C16H17N. The zero-order valence-corrected chi connectivity index (χ0v) is 9.74. The Bertz CT molecular complexity index is 315. The van der Waals surface area contributed by atoms with Gasteiger partial charge in [0.1, 0.15) is 0 Å². The molecule has 0 saturated heterocycles. The smallest absolute Gasteiger partial charge is 0.000496 e. The van der Waals surface area contributed by atoms with Crippen molar-refractivity contribution in [3.63, 3.8) is 0 Å². The zero-order chi connectivity index (χ0) is 12.0. The number of hydrogen-bond donors (Lipinski definition) is 1. The largest absolute Gasteiger partial charge is 0.368 e. The Labute approximate surface area is 103 Å². The minimum absolute atomic E-state index is 1.88. The minimum Gasteiger partial charge on any atom is -0.368 e. The summed E-state index contributed by atoms with van der Waals surface area (Å²) in [5.41, 5.74) is 0. The first-order valence-electron chi connectivity index (χ1n) is 5.58. The monoisotopic (exact) mass is 223 g/mol. The summed E-state index contributed by atoms with van der Waals surface area (Å²) in [5, 5.41) is 0. The van der Waals surface area contributed by atoms with Crippen LogP contribution in [0.5, 0.6) is 0 Å². The Morgan fingerprint density at radius 2 is 0.529 bits per heavy atom. The molecule has 3 rings (SSSR count). The fourth-order valence-corrected chi connectivity index (χ4v) is 1.05. The fraction of sp³-hybridized carbons (Fsp3) is 0. The molecule has 2 aromatic carbocycles. The highest BCUT2D eigenvalue weighted by Crippen LogP contribution is 1.80. The molecule has 3 aromatic rings. The SMILES string of the molecule is c1cc[nH]c1.c1ccccc1.c1ccccc1. The first-order valence-corrected chi connectivity index (χ1v) is 5.58. The highest BCUT2D eigenvalue weighted by molar-refractivity contribution is 4.99. The van der Waals surface area contributed by atoms with Crippen molar-refractivity contribution >= 4 is 0 Å². The number of rotatable bonds is 0. The summed E-state index contributed by atoms with van der Waals surface area (Å²) < 4.78 is 0. The van der Waals surface area contributed by atoms with E-state index >= 15 is 0 Å². The summed E-state index contributed by atoms with van der Waals surface area (Å²) in [7, 11) is 0. The average molecular weight is 223 g/mol. The van der Waals surface area contributed by atoms with E-state index in [1.807, 2.05) is 97.3 Å². The molecule has 0 aliphatic rings. The molecule has 1 nitrogen and oxygen atoms in total. The predicted molar refractivity (Wildman–Crippen MR) is 73.7 cm³/mol. The Morgan fingerprint density at radius 1 is 0.294 bits per heavy atom. The van der Waals surface area contributed by atoms with Gasteiger partial charge in [0, 0.05) is 12.4 Å². The van der Waals surface area contributed by atoms with Gasteiger partial charge in [0.2, 0.25) is 0 Å². The van der Waals surface area contributed by atoms with Gasteiger partial charge in [0.15, 0.2) is 0 Å². The number of nitrogens with one attached hydrogen (secondary N) is 1. The highest BCUT2D eigenvalue weighted by atomic mass is 14.6. The Kier molecular flexibility index (Phi) is 7.71. The van der Waals surface area contributed by atoms with Gasteiger partial charge in [-0.25, -0.2) is 0 Å². The summed E-state index contributed by atoms with van der Waals surface area (Å²) >= 11 is 0. The van der Waals surface area contributed by atoms with Crippen LogP contribution in [0.4, 0.5) is 0 Å². The summed E-state index contributed by atoms with van der Waals surface area (Å²) in [6, 6.07) is 27.9. The third-order valence-corrected chi connectivity index (χ3v) is 1.83. The van der Waals surface area contributed by atoms with Crippen molar-refractivity contribution in [1.82, 2.24) is 4.98 Å². The molecular weight excluding hydrogens is 206 g/mol. The molecule has 0 amide bonds. The number of aromatic nitrogens is 1. The summed E-state index contributed by atoms with van der Waals surface area (Å²) in [6.07, 6.45) is 3.75. The first kappa shape index (κ1) is 12.8. The number of hydrogen-bond acceptors (Lipinski definition) is 0. The molecule has 0 bridgehead atoms. The standard InChI is InChI=1S/2C6H6.C4H5N/c2*1-2-4-6-5-3-1;1-2-4-5-3-1/h2*1-6H;1-5H. The normalized spacial score (nSPS) is 8.00. The van der Waals surface area contributed by atoms with E-state index in [9.17, 15) is 0 Å². The van der Waals surface area contributed by atoms with Gasteiger partial charge >= 0.3 is 0 Å². The maximum absolute atomic E-state index is 2.86. The third kappa shape index (κ3) is 8.70. The first-order chi connectivity index (χ1) is 8.50. The average Bonchev–Trinajstić information content (AvgIpc) is 3.03. The molecule has 1 heteroatoms. The molecule has 86 valence electrons. The van der Waals surface area contributed by atoms with Gasteiger partial charge in [0.05, 0.1) is 0 Å². The van der Waals surface area contributed by atoms with E-state index in [0.29, 0.717) is 0 Å². The minimum atomic E-state index is 1.88. The van der Waals surface area contributed by atoms with Crippen LogP contribution in [0.2, 0.25) is 0 Å². The van der Waals surface area contributed by atoms with E-state index in [-0.39, 0.29) is 0 Å². The van der Waals surface area contributed by atoms with Crippen LogP contribution in [-0.2, 0) is 0 Å². The molecule has 0 saturated carbocycles. The topological polar surface area (TPSA) is 15.8 Å². The van der Waals surface area contributed by atoms with Crippen molar-refractivity contribution in [3.8, 4) is 0 Å². The van der Waals surface area contributed by atoms with Crippen LogP contribution in [0.25, 0.3) is 0 Å². The van der Waals surface area contributed by atoms with E-state index in [2.05, 4.69) is 4.98 Å². The lowest BCUT2D eigenvalue weighted by Crippen LogP contribution is -1.47. The molecule has 0 unspecified atom stereocenters. The second-order valence-electron chi connectivity index (χ2n) is 3.19. The van der Waals surface area contributed by atoms with Crippen molar-refractivity contribution in [1.29, 1.82) is 0 Å². The van der Waals surface area contributed by atoms with Crippen LogP contribution in [-0.4, -0.2) is 4.98 Å². The molecule has 1 N–H and O–H groups in total. The van der Waals surface area contributed by atoms with Crippen molar-refractivity contribution in [2.24, 2.45) is 0 Å². The molecule has 0 aliphatic heterocycles. The molecule has 1 heterocycles. The Hall–Kier alpha value is -2.28. The van der Waals surface area contributed by atoms with Gasteiger partial charge < -0.3 is 4.98 Å². The van der Waals surface area contributed by atoms with E-state index in [4.69, 9.17) is 0 Å². The summed E-state index contributed by atoms with van der Waals surface area (Å²) in [4.78, 5) is 2.86. The zero-order valence-electron chi connectivity index (χ0n) is 9.74. The van der Waals surface area contributed by atoms with E-state index in [0.717, 1.165) is 0 Å². The second-order valence-corrected chi connectivity index (χ2v) is 3.19. The Morgan fingerprint density at radius 3 is 0.647 bits per heavy atom. The van der Waals surface area contributed by atoms with Crippen LogP contribution in [0.15, 0.2) is 97.3 Å². The van der Waals surface area contributed by atoms with Crippen molar-refractivity contribution in [2.75, 3.05) is 0 Å². The third-order valence-electron chi connectivity index (χ3n) is 1.83. The molecule has 1 aromatic heterocycles. The van der Waals surface area contributed by atoms with E-state index in [1.165, 1.54) is 0 Å².